The molecule has 0 atom stereocenters. The molecular formula is C13H16F2O3. The van der Waals surface area contributed by atoms with Gasteiger partial charge in [-0.05, 0) is 19.1 Å². The van der Waals surface area contributed by atoms with Crippen LogP contribution in [-0.4, -0.2) is 32.0 Å². The molecule has 18 heavy (non-hydrogen) atoms. The van der Waals surface area contributed by atoms with E-state index in [-0.39, 0.29) is 18.8 Å². The molecule has 0 aliphatic heterocycles. The van der Waals surface area contributed by atoms with Gasteiger partial charge in [0, 0.05) is 6.42 Å². The minimum Gasteiger partial charge on any atom is -0.493 e. The third-order valence-electron chi connectivity index (χ3n) is 2.20. The second-order valence-electron chi connectivity index (χ2n) is 3.57. The van der Waals surface area contributed by atoms with E-state index < -0.39 is 13.0 Å². The lowest BCUT2D eigenvalue weighted by Gasteiger charge is -2.09. The number of carbonyl (C=O) groups excluding carboxylic acids is 1. The molecular weight excluding hydrogens is 242 g/mol. The summed E-state index contributed by atoms with van der Waals surface area (Å²) >= 11 is 0. The highest BCUT2D eigenvalue weighted by molar-refractivity contribution is 5.98. The molecule has 0 saturated carbocycles. The van der Waals surface area contributed by atoms with Gasteiger partial charge < -0.3 is 9.47 Å². The zero-order chi connectivity index (χ0) is 13.4. The van der Waals surface area contributed by atoms with Crippen LogP contribution >= 0.6 is 0 Å². The quantitative estimate of drug-likeness (QED) is 0.531. The molecule has 0 unspecified atom stereocenters. The first-order valence-electron chi connectivity index (χ1n) is 5.76. The summed E-state index contributed by atoms with van der Waals surface area (Å²) in [5.41, 5.74) is 0.458. The third-order valence-corrected chi connectivity index (χ3v) is 2.20. The van der Waals surface area contributed by atoms with E-state index in [1.165, 1.54) is 0 Å². The normalized spacial score (nSPS) is 10.7. The number of hydrogen-bond acceptors (Lipinski definition) is 3. The van der Waals surface area contributed by atoms with Gasteiger partial charge >= 0.3 is 0 Å². The van der Waals surface area contributed by atoms with E-state index in [0.29, 0.717) is 17.9 Å². The van der Waals surface area contributed by atoms with Gasteiger partial charge in [-0.15, -0.1) is 0 Å². The highest BCUT2D eigenvalue weighted by atomic mass is 19.3. The molecule has 0 amide bonds. The topological polar surface area (TPSA) is 35.5 Å². The maximum absolute atomic E-state index is 11.8. The van der Waals surface area contributed by atoms with Crippen LogP contribution in [0.3, 0.4) is 0 Å². The van der Waals surface area contributed by atoms with E-state index in [1.54, 1.807) is 24.3 Å². The molecule has 0 radical (unpaired) electrons. The Morgan fingerprint density at radius 3 is 2.72 bits per heavy atom. The third kappa shape index (κ3) is 4.79. The molecule has 0 saturated heterocycles. The van der Waals surface area contributed by atoms with Gasteiger partial charge in [0.25, 0.3) is 6.43 Å². The molecule has 0 bridgehead atoms. The standard InChI is InChI=1S/C13H16F2O3/c1-2-18-12-6-4-3-5-10(12)11(16)7-8-17-9-13(14)15/h3-6,13H,2,7-9H2,1H3. The minimum absolute atomic E-state index is 0.0103. The summed E-state index contributed by atoms with van der Waals surface area (Å²) in [6.45, 7) is 1.64. The molecule has 100 valence electrons. The number of ether oxygens (including phenoxy) is 2. The van der Waals surface area contributed by atoms with E-state index in [4.69, 9.17) is 4.74 Å². The van der Waals surface area contributed by atoms with Gasteiger partial charge in [-0.2, -0.15) is 0 Å². The predicted octanol–water partition coefficient (Wildman–Crippen LogP) is 2.94. The lowest BCUT2D eigenvalue weighted by Crippen LogP contribution is -2.10. The number of carbonyl (C=O) groups is 1. The van der Waals surface area contributed by atoms with Crippen molar-refractivity contribution in [3.63, 3.8) is 0 Å². The first kappa shape index (κ1) is 14.6. The van der Waals surface area contributed by atoms with Crippen molar-refractivity contribution in [2.45, 2.75) is 19.8 Å². The minimum atomic E-state index is -2.50. The van der Waals surface area contributed by atoms with Crippen molar-refractivity contribution in [1.29, 1.82) is 0 Å². The fraction of sp³-hybridized carbons (Fsp3) is 0.462. The van der Waals surface area contributed by atoms with Gasteiger partial charge in [0.1, 0.15) is 12.4 Å². The molecule has 1 aromatic rings. The molecule has 0 aliphatic carbocycles. The van der Waals surface area contributed by atoms with Gasteiger partial charge in [0.15, 0.2) is 5.78 Å². The van der Waals surface area contributed by atoms with Crippen molar-refractivity contribution in [3.05, 3.63) is 29.8 Å². The second-order valence-corrected chi connectivity index (χ2v) is 3.57. The van der Waals surface area contributed by atoms with Gasteiger partial charge in [-0.3, -0.25) is 4.79 Å². The monoisotopic (exact) mass is 258 g/mol. The van der Waals surface area contributed by atoms with Gasteiger partial charge in [-0.25, -0.2) is 8.78 Å². The van der Waals surface area contributed by atoms with E-state index >= 15 is 0 Å². The van der Waals surface area contributed by atoms with E-state index in [1.807, 2.05) is 6.92 Å². The number of rotatable bonds is 8. The molecule has 0 N–H and O–H groups in total. The smallest absolute Gasteiger partial charge is 0.261 e. The van der Waals surface area contributed by atoms with E-state index in [2.05, 4.69) is 4.74 Å². The van der Waals surface area contributed by atoms with Crippen LogP contribution in [0.2, 0.25) is 0 Å². The number of alkyl halides is 2. The highest BCUT2D eigenvalue weighted by Crippen LogP contribution is 2.19. The highest BCUT2D eigenvalue weighted by Gasteiger charge is 2.12. The Morgan fingerprint density at radius 2 is 2.06 bits per heavy atom. The Kier molecular flexibility index (Phi) is 6.28. The van der Waals surface area contributed by atoms with Gasteiger partial charge in [0.05, 0.1) is 18.8 Å². The van der Waals surface area contributed by atoms with E-state index in [0.717, 1.165) is 0 Å². The Hall–Kier alpha value is -1.49. The summed E-state index contributed by atoms with van der Waals surface area (Å²) < 4.78 is 33.6. The van der Waals surface area contributed by atoms with Crippen molar-refractivity contribution in [3.8, 4) is 5.75 Å². The van der Waals surface area contributed by atoms with Gasteiger partial charge in [-0.1, -0.05) is 12.1 Å². The average Bonchev–Trinajstić information content (AvgIpc) is 2.35. The molecule has 3 nitrogen and oxygen atoms in total. The lowest BCUT2D eigenvalue weighted by atomic mass is 10.1. The molecule has 5 heteroatoms. The Labute approximate surface area is 105 Å². The van der Waals surface area contributed by atoms with Crippen LogP contribution in [0.5, 0.6) is 5.75 Å². The van der Waals surface area contributed by atoms with Crippen molar-refractivity contribution >= 4 is 5.78 Å². The zero-order valence-corrected chi connectivity index (χ0v) is 10.2. The number of halogens is 2. The molecule has 0 fully saturated rings. The molecule has 0 heterocycles. The van der Waals surface area contributed by atoms with Crippen LogP contribution in [-0.2, 0) is 4.74 Å². The summed E-state index contributed by atoms with van der Waals surface area (Å²) in [5.74, 6) is 0.340. The van der Waals surface area contributed by atoms with Crippen molar-refractivity contribution < 1.29 is 23.0 Å². The average molecular weight is 258 g/mol. The summed E-state index contributed by atoms with van der Waals surface area (Å²) in [5, 5.41) is 0. The lowest BCUT2D eigenvalue weighted by molar-refractivity contribution is 0.0169. The summed E-state index contributed by atoms with van der Waals surface area (Å²) in [7, 11) is 0. The molecule has 1 aromatic carbocycles. The Morgan fingerprint density at radius 1 is 1.33 bits per heavy atom. The molecule has 1 rings (SSSR count). The fourth-order valence-corrected chi connectivity index (χ4v) is 1.45. The number of para-hydroxylation sites is 1. The largest absolute Gasteiger partial charge is 0.493 e. The van der Waals surface area contributed by atoms with Crippen LogP contribution < -0.4 is 4.74 Å². The molecule has 0 aliphatic rings. The summed E-state index contributed by atoms with van der Waals surface area (Å²) in [6, 6.07) is 6.86. The van der Waals surface area contributed by atoms with Crippen LogP contribution in [0.4, 0.5) is 8.78 Å². The molecule has 0 aromatic heterocycles. The van der Waals surface area contributed by atoms with Crippen molar-refractivity contribution in [1.82, 2.24) is 0 Å². The number of benzene rings is 1. The summed E-state index contributed by atoms with van der Waals surface area (Å²) in [6.07, 6.45) is -2.44. The Bertz CT molecular complexity index is 380. The number of hydrogen-bond donors (Lipinski definition) is 0. The maximum atomic E-state index is 11.8. The second kappa shape index (κ2) is 7.76. The van der Waals surface area contributed by atoms with Crippen LogP contribution in [0.25, 0.3) is 0 Å². The first-order valence-corrected chi connectivity index (χ1v) is 5.76. The SMILES string of the molecule is CCOc1ccccc1C(=O)CCOCC(F)F. The van der Waals surface area contributed by atoms with Crippen molar-refractivity contribution in [2.24, 2.45) is 0 Å². The Balaban J connectivity index is 2.50. The van der Waals surface area contributed by atoms with Crippen molar-refractivity contribution in [2.75, 3.05) is 19.8 Å². The first-order chi connectivity index (χ1) is 8.65. The van der Waals surface area contributed by atoms with Crippen LogP contribution in [0.15, 0.2) is 24.3 Å². The van der Waals surface area contributed by atoms with Gasteiger partial charge in [0.2, 0.25) is 0 Å². The molecule has 0 spiro atoms. The maximum Gasteiger partial charge on any atom is 0.261 e. The summed E-state index contributed by atoms with van der Waals surface area (Å²) in [4.78, 5) is 11.8. The van der Waals surface area contributed by atoms with Crippen LogP contribution in [0, 0.1) is 0 Å². The van der Waals surface area contributed by atoms with Crippen LogP contribution in [0.1, 0.15) is 23.7 Å². The number of ketones is 1. The zero-order valence-electron chi connectivity index (χ0n) is 10.2. The fourth-order valence-electron chi connectivity index (χ4n) is 1.45. The number of Topliss-reactive ketones (excluding diaryl/α,β-unsaturated/α-hetero) is 1. The van der Waals surface area contributed by atoms with E-state index in [9.17, 15) is 13.6 Å². The predicted molar refractivity (Wildman–Crippen MR) is 63.4 cm³/mol.